The van der Waals surface area contributed by atoms with Gasteiger partial charge in [-0.05, 0) is 38.5 Å². The molecule has 0 heterocycles. The van der Waals surface area contributed by atoms with Gasteiger partial charge in [0.25, 0.3) is 0 Å². The van der Waals surface area contributed by atoms with Crippen molar-refractivity contribution in [3.63, 3.8) is 0 Å². The summed E-state index contributed by atoms with van der Waals surface area (Å²) in [6, 6.07) is 0. The van der Waals surface area contributed by atoms with Crippen LogP contribution >= 0.6 is 0 Å². The summed E-state index contributed by atoms with van der Waals surface area (Å²) >= 11 is -0.676. The van der Waals surface area contributed by atoms with Crippen LogP contribution in [-0.4, -0.2) is 36.0 Å². The van der Waals surface area contributed by atoms with Crippen LogP contribution in [-0.2, 0) is 21.0 Å². The Labute approximate surface area is 173 Å². The van der Waals surface area contributed by atoms with E-state index in [4.69, 9.17) is 0 Å². The van der Waals surface area contributed by atoms with Gasteiger partial charge in [-0.2, -0.15) is 0 Å². The zero-order valence-corrected chi connectivity index (χ0v) is 19.8. The molecule has 0 N–H and O–H groups in total. The van der Waals surface area contributed by atoms with Crippen LogP contribution in [0.25, 0.3) is 0 Å². The number of hydrogen-bond donors (Lipinski definition) is 0. The van der Waals surface area contributed by atoms with Crippen molar-refractivity contribution in [2.75, 3.05) is 23.0 Å². The molecule has 5 heteroatoms. The van der Waals surface area contributed by atoms with E-state index in [9.17, 15) is 13.0 Å². The molecule has 0 saturated heterocycles. The van der Waals surface area contributed by atoms with Gasteiger partial charge in [-0.3, -0.25) is 0 Å². The smallest absolute Gasteiger partial charge is 0.150 e. The SMILES string of the molecule is CCCCCCCC[S+]([O-])CCCCCCS(=O)(=O)CCCCCCCC. The third-order valence-electron chi connectivity index (χ3n) is 5.11. The van der Waals surface area contributed by atoms with Crippen LogP contribution in [0.2, 0.25) is 0 Å². The third-order valence-corrected chi connectivity index (χ3v) is 8.42. The van der Waals surface area contributed by atoms with Crippen LogP contribution in [0.15, 0.2) is 0 Å². The fraction of sp³-hybridized carbons (Fsp3) is 1.00. The van der Waals surface area contributed by atoms with Gasteiger partial charge in [-0.25, -0.2) is 8.42 Å². The Bertz CT molecular complexity index is 396. The molecule has 0 amide bonds. The van der Waals surface area contributed by atoms with Gasteiger partial charge in [0.2, 0.25) is 0 Å². The molecule has 0 aromatic carbocycles. The summed E-state index contributed by atoms with van der Waals surface area (Å²) in [4.78, 5) is 0. The largest absolute Gasteiger partial charge is 0.616 e. The van der Waals surface area contributed by atoms with Crippen LogP contribution in [0.4, 0.5) is 0 Å². The monoisotopic (exact) mass is 422 g/mol. The van der Waals surface area contributed by atoms with Crippen molar-refractivity contribution in [2.45, 2.75) is 117 Å². The minimum absolute atomic E-state index is 0.336. The summed E-state index contributed by atoms with van der Waals surface area (Å²) in [7, 11) is -2.86. The predicted octanol–water partition coefficient (Wildman–Crippen LogP) is 6.43. The van der Waals surface area contributed by atoms with Gasteiger partial charge >= 0.3 is 0 Å². The first-order valence-electron chi connectivity index (χ1n) is 11.6. The second-order valence-corrected chi connectivity index (χ2v) is 11.9. The molecule has 164 valence electrons. The van der Waals surface area contributed by atoms with Crippen molar-refractivity contribution in [3.05, 3.63) is 0 Å². The highest BCUT2D eigenvalue weighted by Crippen LogP contribution is 2.11. The van der Waals surface area contributed by atoms with Crippen molar-refractivity contribution in [1.82, 2.24) is 0 Å². The van der Waals surface area contributed by atoms with E-state index in [2.05, 4.69) is 13.8 Å². The van der Waals surface area contributed by atoms with Crippen molar-refractivity contribution >= 4 is 21.0 Å². The Morgan fingerprint density at radius 2 is 0.889 bits per heavy atom. The molecule has 0 saturated carbocycles. The van der Waals surface area contributed by atoms with E-state index in [-0.39, 0.29) is 0 Å². The standard InChI is InChI=1S/C22H46O3S2/c1-3-5-7-9-11-15-19-26(23)20-16-12-14-18-22-27(24,25)21-17-13-10-8-6-4-2/h3-22H2,1-2H3. The van der Waals surface area contributed by atoms with E-state index in [0.717, 1.165) is 56.5 Å². The van der Waals surface area contributed by atoms with Crippen LogP contribution < -0.4 is 0 Å². The Morgan fingerprint density at radius 3 is 1.30 bits per heavy atom. The molecule has 0 aliphatic heterocycles. The van der Waals surface area contributed by atoms with Gasteiger partial charge in [0.05, 0.1) is 11.5 Å². The van der Waals surface area contributed by atoms with Crippen LogP contribution in [0.5, 0.6) is 0 Å². The summed E-state index contributed by atoms with van der Waals surface area (Å²) in [5.41, 5.74) is 0. The molecule has 0 radical (unpaired) electrons. The predicted molar refractivity (Wildman–Crippen MR) is 122 cm³/mol. The van der Waals surface area contributed by atoms with E-state index >= 15 is 0 Å². The van der Waals surface area contributed by atoms with Crippen molar-refractivity contribution in [1.29, 1.82) is 0 Å². The molecule has 1 atom stereocenters. The van der Waals surface area contributed by atoms with Crippen molar-refractivity contribution in [3.8, 4) is 0 Å². The minimum Gasteiger partial charge on any atom is -0.616 e. The highest BCUT2D eigenvalue weighted by molar-refractivity contribution is 7.91. The average Bonchev–Trinajstić information content (AvgIpc) is 2.63. The summed E-state index contributed by atoms with van der Waals surface area (Å²) in [5, 5.41) is 0. The Kier molecular flexibility index (Phi) is 19.8. The Hall–Kier alpha value is 0.260. The molecule has 0 aliphatic carbocycles. The maximum atomic E-state index is 12.0. The van der Waals surface area contributed by atoms with E-state index in [1.807, 2.05) is 0 Å². The molecule has 0 rings (SSSR count). The maximum Gasteiger partial charge on any atom is 0.150 e. The lowest BCUT2D eigenvalue weighted by molar-refractivity contribution is 0.572. The summed E-state index contributed by atoms with van der Waals surface area (Å²) in [6.45, 7) is 4.41. The molecule has 0 fully saturated rings. The number of unbranched alkanes of at least 4 members (excludes halogenated alkanes) is 13. The zero-order valence-electron chi connectivity index (χ0n) is 18.2. The van der Waals surface area contributed by atoms with Crippen molar-refractivity contribution < 1.29 is 13.0 Å². The van der Waals surface area contributed by atoms with Gasteiger partial charge in [0.1, 0.15) is 21.3 Å². The summed E-state index contributed by atoms with van der Waals surface area (Å²) < 4.78 is 36.0. The van der Waals surface area contributed by atoms with Gasteiger partial charge in [-0.15, -0.1) is 0 Å². The maximum absolute atomic E-state index is 12.0. The Balaban J connectivity index is 3.45. The lowest BCUT2D eigenvalue weighted by Gasteiger charge is -2.11. The molecule has 0 aromatic heterocycles. The lowest BCUT2D eigenvalue weighted by atomic mass is 10.1. The van der Waals surface area contributed by atoms with Gasteiger partial charge < -0.3 is 4.55 Å². The molecule has 0 bridgehead atoms. The second kappa shape index (κ2) is 19.6. The topological polar surface area (TPSA) is 57.2 Å². The van der Waals surface area contributed by atoms with E-state index < -0.39 is 21.0 Å². The number of hydrogen-bond acceptors (Lipinski definition) is 3. The lowest BCUT2D eigenvalue weighted by Crippen LogP contribution is -2.12. The number of rotatable bonds is 21. The van der Waals surface area contributed by atoms with Gasteiger partial charge in [0.15, 0.2) is 0 Å². The Morgan fingerprint density at radius 1 is 0.556 bits per heavy atom. The fourth-order valence-electron chi connectivity index (χ4n) is 3.29. The minimum atomic E-state index is -2.86. The first-order chi connectivity index (χ1) is 13.0. The van der Waals surface area contributed by atoms with Crippen LogP contribution in [0, 0.1) is 0 Å². The van der Waals surface area contributed by atoms with Gasteiger partial charge in [-0.1, -0.05) is 89.2 Å². The molecule has 0 spiro atoms. The van der Waals surface area contributed by atoms with Crippen LogP contribution in [0.1, 0.15) is 117 Å². The molecule has 0 aliphatic rings. The van der Waals surface area contributed by atoms with E-state index in [0.29, 0.717) is 11.5 Å². The first-order valence-corrected chi connectivity index (χ1v) is 14.9. The zero-order chi connectivity index (χ0) is 20.2. The van der Waals surface area contributed by atoms with Gasteiger partial charge in [0, 0.05) is 0 Å². The molecular formula is C22H46O3S2. The quantitative estimate of drug-likeness (QED) is 0.158. The number of sulfone groups is 1. The molecular weight excluding hydrogens is 376 g/mol. The van der Waals surface area contributed by atoms with E-state index in [1.165, 1.54) is 57.8 Å². The molecule has 1 unspecified atom stereocenters. The molecule has 27 heavy (non-hydrogen) atoms. The second-order valence-electron chi connectivity index (χ2n) is 7.95. The van der Waals surface area contributed by atoms with Crippen molar-refractivity contribution in [2.24, 2.45) is 0 Å². The summed E-state index contributed by atoms with van der Waals surface area (Å²) in [6.07, 6.45) is 17.9. The summed E-state index contributed by atoms with van der Waals surface area (Å²) in [5.74, 6) is 2.34. The highest BCUT2D eigenvalue weighted by Gasteiger charge is 2.10. The van der Waals surface area contributed by atoms with E-state index in [1.54, 1.807) is 0 Å². The van der Waals surface area contributed by atoms with Crippen LogP contribution in [0.3, 0.4) is 0 Å². The first kappa shape index (κ1) is 27.3. The average molecular weight is 423 g/mol. The molecule has 0 aromatic rings. The molecule has 3 nitrogen and oxygen atoms in total. The fourth-order valence-corrected chi connectivity index (χ4v) is 6.04. The highest BCUT2D eigenvalue weighted by atomic mass is 32.2. The normalized spacial score (nSPS) is 13.1. The third kappa shape index (κ3) is 20.8.